The van der Waals surface area contributed by atoms with Crippen molar-refractivity contribution >= 4 is 5.69 Å². The summed E-state index contributed by atoms with van der Waals surface area (Å²) in [5.74, 6) is 0.960. The van der Waals surface area contributed by atoms with Gasteiger partial charge in [-0.05, 0) is 24.7 Å². The van der Waals surface area contributed by atoms with Crippen molar-refractivity contribution < 1.29 is 4.74 Å². The number of hydrogen-bond donors (Lipinski definition) is 2. The Labute approximate surface area is 156 Å². The number of rotatable bonds is 9. The Morgan fingerprint density at radius 2 is 1.58 bits per heavy atom. The molecule has 5 nitrogen and oxygen atoms in total. The predicted octanol–water partition coefficient (Wildman–Crippen LogP) is 2.82. The maximum Gasteiger partial charge on any atom is 0.123 e. The van der Waals surface area contributed by atoms with Crippen molar-refractivity contribution in [3.8, 4) is 5.75 Å². The highest BCUT2D eigenvalue weighted by molar-refractivity contribution is 5.41. The number of benzene rings is 2. The van der Waals surface area contributed by atoms with Crippen LogP contribution in [0.2, 0.25) is 0 Å². The van der Waals surface area contributed by atoms with Crippen molar-refractivity contribution in [3.05, 3.63) is 60.2 Å². The van der Waals surface area contributed by atoms with Gasteiger partial charge in [0.2, 0.25) is 0 Å². The van der Waals surface area contributed by atoms with E-state index in [4.69, 9.17) is 4.74 Å². The summed E-state index contributed by atoms with van der Waals surface area (Å²) in [4.78, 5) is 4.99. The molecule has 2 aromatic rings. The van der Waals surface area contributed by atoms with E-state index in [1.54, 1.807) is 0 Å². The van der Waals surface area contributed by atoms with Crippen LogP contribution in [-0.4, -0.2) is 55.7 Å². The molecular weight excluding hydrogens is 324 g/mol. The van der Waals surface area contributed by atoms with Gasteiger partial charge in [-0.25, -0.2) is 5.43 Å². The molecule has 0 atom stereocenters. The van der Waals surface area contributed by atoms with Gasteiger partial charge < -0.3 is 15.1 Å². The first-order valence-corrected chi connectivity index (χ1v) is 9.54. The SMILES string of the molecule is CCN1CCN(CCOc2ccccc2CNNc2ccccc2)CC1. The number of para-hydroxylation sites is 2. The molecule has 140 valence electrons. The molecule has 1 aliphatic rings. The summed E-state index contributed by atoms with van der Waals surface area (Å²) in [5.41, 5.74) is 8.69. The number of hydrogen-bond acceptors (Lipinski definition) is 5. The van der Waals surface area contributed by atoms with E-state index < -0.39 is 0 Å². The molecular formula is C21H30N4O. The fourth-order valence-electron chi connectivity index (χ4n) is 3.17. The largest absolute Gasteiger partial charge is 0.492 e. The van der Waals surface area contributed by atoms with Crippen LogP contribution in [0.4, 0.5) is 5.69 Å². The van der Waals surface area contributed by atoms with Crippen molar-refractivity contribution in [1.29, 1.82) is 0 Å². The van der Waals surface area contributed by atoms with Crippen molar-refractivity contribution in [3.63, 3.8) is 0 Å². The summed E-state index contributed by atoms with van der Waals surface area (Å²) in [6.07, 6.45) is 0. The Kier molecular flexibility index (Phi) is 7.31. The van der Waals surface area contributed by atoms with Crippen LogP contribution in [0.3, 0.4) is 0 Å². The van der Waals surface area contributed by atoms with Gasteiger partial charge in [0, 0.05) is 50.5 Å². The number of nitrogens with zero attached hydrogens (tertiary/aromatic N) is 2. The first kappa shape index (κ1) is 18.7. The van der Waals surface area contributed by atoms with Crippen LogP contribution in [-0.2, 0) is 6.54 Å². The normalized spacial score (nSPS) is 15.7. The van der Waals surface area contributed by atoms with Gasteiger partial charge in [-0.3, -0.25) is 4.90 Å². The number of hydrazine groups is 1. The first-order chi connectivity index (χ1) is 12.8. The Hall–Kier alpha value is -2.08. The molecule has 26 heavy (non-hydrogen) atoms. The van der Waals surface area contributed by atoms with Gasteiger partial charge in [0.25, 0.3) is 0 Å². The van der Waals surface area contributed by atoms with E-state index >= 15 is 0 Å². The molecule has 0 amide bonds. The van der Waals surface area contributed by atoms with Gasteiger partial charge in [0.05, 0.1) is 0 Å². The number of likely N-dealkylation sites (N-methyl/N-ethyl adjacent to an activating group) is 1. The summed E-state index contributed by atoms with van der Waals surface area (Å²) < 4.78 is 6.07. The minimum absolute atomic E-state index is 0.709. The minimum atomic E-state index is 0.709. The molecule has 0 aliphatic carbocycles. The number of anilines is 1. The summed E-state index contributed by atoms with van der Waals surface area (Å²) >= 11 is 0. The quantitative estimate of drug-likeness (QED) is 0.678. The second-order valence-corrected chi connectivity index (χ2v) is 6.58. The molecule has 3 rings (SSSR count). The third kappa shape index (κ3) is 5.73. The van der Waals surface area contributed by atoms with Gasteiger partial charge in [0.15, 0.2) is 0 Å². The first-order valence-electron chi connectivity index (χ1n) is 9.54. The van der Waals surface area contributed by atoms with Crippen LogP contribution in [0, 0.1) is 0 Å². The number of ether oxygens (including phenoxy) is 1. The molecule has 1 heterocycles. The topological polar surface area (TPSA) is 39.8 Å². The third-order valence-corrected chi connectivity index (χ3v) is 4.84. The zero-order valence-corrected chi connectivity index (χ0v) is 15.7. The molecule has 1 aliphatic heterocycles. The summed E-state index contributed by atoms with van der Waals surface area (Å²) in [7, 11) is 0. The lowest BCUT2D eigenvalue weighted by atomic mass is 10.2. The van der Waals surface area contributed by atoms with E-state index in [2.05, 4.69) is 45.8 Å². The third-order valence-electron chi connectivity index (χ3n) is 4.84. The Bertz CT molecular complexity index is 641. The highest BCUT2D eigenvalue weighted by atomic mass is 16.5. The lowest BCUT2D eigenvalue weighted by Gasteiger charge is -2.33. The summed E-state index contributed by atoms with van der Waals surface area (Å²) in [6.45, 7) is 10.4. The average molecular weight is 354 g/mol. The van der Waals surface area contributed by atoms with E-state index in [0.717, 1.165) is 49.8 Å². The van der Waals surface area contributed by atoms with Crippen molar-refractivity contribution in [1.82, 2.24) is 15.2 Å². The Morgan fingerprint density at radius 1 is 0.885 bits per heavy atom. The van der Waals surface area contributed by atoms with Gasteiger partial charge in [-0.2, -0.15) is 0 Å². The van der Waals surface area contributed by atoms with E-state index in [1.165, 1.54) is 13.1 Å². The van der Waals surface area contributed by atoms with Gasteiger partial charge >= 0.3 is 0 Å². The smallest absolute Gasteiger partial charge is 0.123 e. The van der Waals surface area contributed by atoms with Crippen LogP contribution in [0.15, 0.2) is 54.6 Å². The molecule has 0 saturated carbocycles. The maximum absolute atomic E-state index is 6.07. The highest BCUT2D eigenvalue weighted by Crippen LogP contribution is 2.18. The van der Waals surface area contributed by atoms with E-state index in [9.17, 15) is 0 Å². The fraction of sp³-hybridized carbons (Fsp3) is 0.429. The van der Waals surface area contributed by atoms with E-state index in [-0.39, 0.29) is 0 Å². The molecule has 2 aromatic carbocycles. The lowest BCUT2D eigenvalue weighted by molar-refractivity contribution is 0.120. The highest BCUT2D eigenvalue weighted by Gasteiger charge is 2.15. The fourth-order valence-corrected chi connectivity index (χ4v) is 3.17. The molecule has 1 fully saturated rings. The number of nitrogens with one attached hydrogen (secondary N) is 2. The summed E-state index contributed by atoms with van der Waals surface area (Å²) in [6, 6.07) is 18.4. The van der Waals surface area contributed by atoms with Crippen molar-refractivity contribution in [2.45, 2.75) is 13.5 Å². The van der Waals surface area contributed by atoms with Crippen LogP contribution in [0.25, 0.3) is 0 Å². The van der Waals surface area contributed by atoms with Crippen LogP contribution < -0.4 is 15.6 Å². The second kappa shape index (κ2) is 10.2. The second-order valence-electron chi connectivity index (χ2n) is 6.58. The predicted molar refractivity (Wildman–Crippen MR) is 107 cm³/mol. The van der Waals surface area contributed by atoms with Crippen LogP contribution >= 0.6 is 0 Å². The monoisotopic (exact) mass is 354 g/mol. The lowest BCUT2D eigenvalue weighted by Crippen LogP contribution is -2.47. The standard InChI is InChI=1S/C21H30N4O/c1-2-24-12-14-25(15-13-24)16-17-26-21-11-7-6-8-19(21)18-22-23-20-9-4-3-5-10-20/h3-11,22-23H,2,12-18H2,1H3. The molecule has 0 bridgehead atoms. The zero-order valence-electron chi connectivity index (χ0n) is 15.7. The molecule has 0 radical (unpaired) electrons. The van der Waals surface area contributed by atoms with E-state index in [1.807, 2.05) is 36.4 Å². The molecule has 0 aromatic heterocycles. The molecule has 0 spiro atoms. The van der Waals surface area contributed by atoms with Crippen LogP contribution in [0.1, 0.15) is 12.5 Å². The summed E-state index contributed by atoms with van der Waals surface area (Å²) in [5, 5.41) is 0. The molecule has 0 unspecified atom stereocenters. The molecule has 1 saturated heterocycles. The van der Waals surface area contributed by atoms with Gasteiger partial charge in [-0.1, -0.05) is 43.3 Å². The van der Waals surface area contributed by atoms with Gasteiger partial charge in [-0.15, -0.1) is 0 Å². The number of piperazine rings is 1. The van der Waals surface area contributed by atoms with Crippen molar-refractivity contribution in [2.24, 2.45) is 0 Å². The van der Waals surface area contributed by atoms with Gasteiger partial charge in [0.1, 0.15) is 12.4 Å². The minimum Gasteiger partial charge on any atom is -0.492 e. The molecule has 2 N–H and O–H groups in total. The zero-order chi connectivity index (χ0) is 18.0. The Morgan fingerprint density at radius 3 is 2.35 bits per heavy atom. The average Bonchev–Trinajstić information content (AvgIpc) is 2.70. The maximum atomic E-state index is 6.07. The van der Waals surface area contributed by atoms with E-state index in [0.29, 0.717) is 6.54 Å². The van der Waals surface area contributed by atoms with Crippen molar-refractivity contribution in [2.75, 3.05) is 51.3 Å². The molecule has 5 heteroatoms. The van der Waals surface area contributed by atoms with Crippen LogP contribution in [0.5, 0.6) is 5.75 Å². The Balaban J connectivity index is 1.42.